The number of rotatable bonds is 6. The van der Waals surface area contributed by atoms with E-state index in [2.05, 4.69) is 4.74 Å². The van der Waals surface area contributed by atoms with Gasteiger partial charge < -0.3 is 21.3 Å². The van der Waals surface area contributed by atoms with Crippen molar-refractivity contribution in [3.05, 3.63) is 0 Å². The van der Waals surface area contributed by atoms with Gasteiger partial charge in [0.1, 0.15) is 0 Å². The first kappa shape index (κ1) is 14.5. The van der Waals surface area contributed by atoms with Crippen LogP contribution in [-0.2, 0) is 19.1 Å². The van der Waals surface area contributed by atoms with Crippen LogP contribution in [0, 0.1) is 0 Å². The molecule has 5 N–H and O–H groups in total. The molecule has 16 heavy (non-hydrogen) atoms. The van der Waals surface area contributed by atoms with Crippen LogP contribution in [0.2, 0.25) is 0 Å². The number of carboxylic acid groups (broad SMARTS) is 1. The third kappa shape index (κ3) is 5.42. The monoisotopic (exact) mass is 232 g/mol. The molecule has 0 aromatic rings. The van der Waals surface area contributed by atoms with Gasteiger partial charge in [-0.05, 0) is 12.8 Å². The third-order valence-electron chi connectivity index (χ3n) is 1.79. The first-order valence-corrected chi connectivity index (χ1v) is 4.84. The molecule has 92 valence electrons. The van der Waals surface area contributed by atoms with E-state index in [-0.39, 0.29) is 19.3 Å². The molecule has 0 aliphatic rings. The van der Waals surface area contributed by atoms with Crippen molar-refractivity contribution < 1.29 is 24.2 Å². The molecule has 0 aliphatic carbocycles. The van der Waals surface area contributed by atoms with Gasteiger partial charge in [0.05, 0.1) is 0 Å². The van der Waals surface area contributed by atoms with Gasteiger partial charge in [0.15, 0.2) is 5.66 Å². The zero-order chi connectivity index (χ0) is 12.8. The van der Waals surface area contributed by atoms with Crippen molar-refractivity contribution in [1.82, 2.24) is 0 Å². The Balaban J connectivity index is 4.23. The summed E-state index contributed by atoms with van der Waals surface area (Å²) in [6.07, 6.45) is -0.0469. The zero-order valence-corrected chi connectivity index (χ0v) is 9.06. The lowest BCUT2D eigenvalue weighted by atomic mass is 10.1. The standard InChI is InChI=1S/C9H16N2O5/c1-2-3-7(14)16-8(15)9(10,11)5-4-6(12)13/h2-5,10-11H2,1H3,(H,12,13). The summed E-state index contributed by atoms with van der Waals surface area (Å²) in [5.41, 5.74) is 8.74. The van der Waals surface area contributed by atoms with E-state index in [0.717, 1.165) is 0 Å². The molecule has 0 aromatic carbocycles. The number of esters is 2. The molecule has 0 bridgehead atoms. The molecule has 0 aromatic heterocycles. The van der Waals surface area contributed by atoms with Gasteiger partial charge in [-0.1, -0.05) is 6.92 Å². The first-order chi connectivity index (χ1) is 7.29. The maximum atomic E-state index is 11.3. The fourth-order valence-electron chi connectivity index (χ4n) is 0.869. The van der Waals surface area contributed by atoms with Gasteiger partial charge in [-0.15, -0.1) is 0 Å². The Bertz CT molecular complexity index is 288. The predicted molar refractivity (Wildman–Crippen MR) is 54.0 cm³/mol. The van der Waals surface area contributed by atoms with Gasteiger partial charge in [0, 0.05) is 12.8 Å². The van der Waals surface area contributed by atoms with Crippen LogP contribution >= 0.6 is 0 Å². The molecule has 0 saturated carbocycles. The Morgan fingerprint density at radius 3 is 2.25 bits per heavy atom. The summed E-state index contributed by atoms with van der Waals surface area (Å²) in [7, 11) is 0. The zero-order valence-electron chi connectivity index (χ0n) is 9.06. The fraction of sp³-hybridized carbons (Fsp3) is 0.667. The maximum absolute atomic E-state index is 11.3. The van der Waals surface area contributed by atoms with Crippen molar-refractivity contribution in [2.75, 3.05) is 0 Å². The van der Waals surface area contributed by atoms with Crippen molar-refractivity contribution in [3.8, 4) is 0 Å². The number of aliphatic carboxylic acids is 1. The highest BCUT2D eigenvalue weighted by Gasteiger charge is 2.33. The van der Waals surface area contributed by atoms with Crippen molar-refractivity contribution in [2.24, 2.45) is 11.5 Å². The van der Waals surface area contributed by atoms with Gasteiger partial charge >= 0.3 is 17.9 Å². The topological polar surface area (TPSA) is 133 Å². The highest BCUT2D eigenvalue weighted by atomic mass is 16.6. The van der Waals surface area contributed by atoms with Crippen LogP contribution in [0.25, 0.3) is 0 Å². The normalized spacial score (nSPS) is 10.9. The van der Waals surface area contributed by atoms with Gasteiger partial charge in [0.2, 0.25) is 0 Å². The molecular formula is C9H16N2O5. The average Bonchev–Trinajstić information content (AvgIpc) is 2.15. The van der Waals surface area contributed by atoms with Crippen molar-refractivity contribution in [2.45, 2.75) is 38.3 Å². The minimum absolute atomic E-state index is 0.0841. The van der Waals surface area contributed by atoms with Gasteiger partial charge in [-0.3, -0.25) is 9.59 Å². The number of ether oxygens (including phenoxy) is 1. The summed E-state index contributed by atoms with van der Waals surface area (Å²) in [4.78, 5) is 32.5. The van der Waals surface area contributed by atoms with Crippen LogP contribution < -0.4 is 11.5 Å². The second-order valence-electron chi connectivity index (χ2n) is 3.45. The maximum Gasteiger partial charge on any atom is 0.348 e. The van der Waals surface area contributed by atoms with Gasteiger partial charge in [0.25, 0.3) is 0 Å². The largest absolute Gasteiger partial charge is 0.481 e. The van der Waals surface area contributed by atoms with E-state index in [1.54, 1.807) is 6.92 Å². The van der Waals surface area contributed by atoms with E-state index in [9.17, 15) is 14.4 Å². The lowest BCUT2D eigenvalue weighted by Crippen LogP contribution is -2.57. The Labute approximate surface area is 92.7 Å². The van der Waals surface area contributed by atoms with Crippen LogP contribution in [0.5, 0.6) is 0 Å². The predicted octanol–water partition coefficient (Wildman–Crippen LogP) is -0.665. The van der Waals surface area contributed by atoms with Crippen LogP contribution in [-0.4, -0.2) is 28.7 Å². The Kier molecular flexibility index (Phi) is 5.62. The van der Waals surface area contributed by atoms with Crippen molar-refractivity contribution in [1.29, 1.82) is 0 Å². The number of carbonyl (C=O) groups is 3. The molecule has 0 atom stereocenters. The molecular weight excluding hydrogens is 216 g/mol. The number of carbonyl (C=O) groups excluding carboxylic acids is 2. The summed E-state index contributed by atoms with van der Waals surface area (Å²) in [5, 5.41) is 8.39. The highest BCUT2D eigenvalue weighted by molar-refractivity contribution is 5.90. The minimum Gasteiger partial charge on any atom is -0.481 e. The highest BCUT2D eigenvalue weighted by Crippen LogP contribution is 2.06. The van der Waals surface area contributed by atoms with Crippen molar-refractivity contribution >= 4 is 17.9 Å². The lowest BCUT2D eigenvalue weighted by molar-refractivity contribution is -0.163. The van der Waals surface area contributed by atoms with E-state index in [4.69, 9.17) is 16.6 Å². The van der Waals surface area contributed by atoms with E-state index in [1.807, 2.05) is 0 Å². The molecule has 0 unspecified atom stereocenters. The summed E-state index contributed by atoms with van der Waals surface area (Å²) in [5.74, 6) is -2.96. The lowest BCUT2D eigenvalue weighted by Gasteiger charge is -2.20. The van der Waals surface area contributed by atoms with E-state index < -0.39 is 23.6 Å². The summed E-state index contributed by atoms with van der Waals surface area (Å²) >= 11 is 0. The molecule has 0 aliphatic heterocycles. The molecule has 7 heteroatoms. The average molecular weight is 232 g/mol. The van der Waals surface area contributed by atoms with Crippen molar-refractivity contribution in [3.63, 3.8) is 0 Å². The molecule has 0 spiro atoms. The van der Waals surface area contributed by atoms with E-state index in [1.165, 1.54) is 0 Å². The number of hydrogen-bond donors (Lipinski definition) is 3. The SMILES string of the molecule is CCCC(=O)OC(=O)C(N)(N)CCC(=O)O. The number of carboxylic acids is 1. The minimum atomic E-state index is -1.94. The Morgan fingerprint density at radius 2 is 1.81 bits per heavy atom. The van der Waals surface area contributed by atoms with E-state index >= 15 is 0 Å². The van der Waals surface area contributed by atoms with Crippen LogP contribution in [0.1, 0.15) is 32.6 Å². The van der Waals surface area contributed by atoms with Crippen LogP contribution in [0.4, 0.5) is 0 Å². The van der Waals surface area contributed by atoms with Crippen LogP contribution in [0.15, 0.2) is 0 Å². The molecule has 0 fully saturated rings. The Hall–Kier alpha value is -1.47. The Morgan fingerprint density at radius 1 is 1.25 bits per heavy atom. The molecule has 0 radical (unpaired) electrons. The molecule has 0 heterocycles. The summed E-state index contributed by atoms with van der Waals surface area (Å²) < 4.78 is 4.37. The quantitative estimate of drug-likeness (QED) is 0.314. The summed E-state index contributed by atoms with van der Waals surface area (Å²) in [6, 6.07) is 0. The number of nitrogens with two attached hydrogens (primary N) is 2. The molecule has 0 saturated heterocycles. The van der Waals surface area contributed by atoms with E-state index in [0.29, 0.717) is 6.42 Å². The first-order valence-electron chi connectivity index (χ1n) is 4.84. The molecule has 0 amide bonds. The van der Waals surface area contributed by atoms with Gasteiger partial charge in [-0.2, -0.15) is 0 Å². The summed E-state index contributed by atoms with van der Waals surface area (Å²) in [6.45, 7) is 1.74. The third-order valence-corrected chi connectivity index (χ3v) is 1.79. The second-order valence-corrected chi connectivity index (χ2v) is 3.45. The molecule has 7 nitrogen and oxygen atoms in total. The van der Waals surface area contributed by atoms with Crippen LogP contribution in [0.3, 0.4) is 0 Å². The molecule has 0 rings (SSSR count). The second kappa shape index (κ2) is 6.19. The smallest absolute Gasteiger partial charge is 0.348 e. The number of hydrogen-bond acceptors (Lipinski definition) is 6. The fourth-order valence-corrected chi connectivity index (χ4v) is 0.869. The van der Waals surface area contributed by atoms with Gasteiger partial charge in [-0.25, -0.2) is 4.79 Å².